The molecule has 1 aliphatic heterocycles. The van der Waals surface area contributed by atoms with Crippen LogP contribution in [0.4, 0.5) is 5.95 Å². The molecular weight excluding hydrogens is 230 g/mol. The van der Waals surface area contributed by atoms with E-state index in [2.05, 4.69) is 27.1 Å². The Labute approximate surface area is 105 Å². The second kappa shape index (κ2) is 4.72. The molecule has 6 nitrogen and oxygen atoms in total. The van der Waals surface area contributed by atoms with Crippen molar-refractivity contribution in [3.8, 4) is 24.7 Å². The van der Waals surface area contributed by atoms with Crippen LogP contribution < -0.4 is 4.90 Å². The molecule has 0 spiro atoms. The maximum Gasteiger partial charge on any atom is 0.255 e. The number of hydrogen-bond acceptors (Lipinski definition) is 4. The van der Waals surface area contributed by atoms with E-state index >= 15 is 0 Å². The highest BCUT2D eigenvalue weighted by molar-refractivity contribution is 6.10. The van der Waals surface area contributed by atoms with Crippen LogP contribution in [0.1, 0.15) is 13.3 Å². The van der Waals surface area contributed by atoms with Gasteiger partial charge in [0.05, 0.1) is 12.5 Å². The third-order valence-electron chi connectivity index (χ3n) is 2.66. The van der Waals surface area contributed by atoms with Crippen LogP contribution in [0.2, 0.25) is 0 Å². The number of hydrogen-bond donors (Lipinski definition) is 0. The van der Waals surface area contributed by atoms with Gasteiger partial charge in [-0.3, -0.25) is 9.69 Å². The molecule has 0 bridgehead atoms. The van der Waals surface area contributed by atoms with Gasteiger partial charge < -0.3 is 0 Å². The van der Waals surface area contributed by atoms with Crippen LogP contribution in [0.5, 0.6) is 0 Å². The van der Waals surface area contributed by atoms with Crippen molar-refractivity contribution in [2.45, 2.75) is 13.3 Å². The molecule has 0 N–H and O–H groups in total. The van der Waals surface area contributed by atoms with Crippen molar-refractivity contribution in [1.29, 1.82) is 0 Å². The minimum Gasteiger partial charge on any atom is -0.274 e. The molecule has 2 rings (SSSR count). The molecule has 0 fully saturated rings. The van der Waals surface area contributed by atoms with Gasteiger partial charge in [-0.15, -0.1) is 29.0 Å². The quantitative estimate of drug-likeness (QED) is 0.691. The Kier molecular flexibility index (Phi) is 3.11. The Morgan fingerprint density at radius 3 is 2.89 bits per heavy atom. The average molecular weight is 241 g/mol. The first kappa shape index (κ1) is 11.9. The molecule has 0 aliphatic carbocycles. The number of carbonyl (C=O) groups excluding carboxylic acids is 1. The number of nitrogens with zero attached hydrogens (tertiary/aromatic N) is 5. The Bertz CT molecular complexity index is 586. The van der Waals surface area contributed by atoms with E-state index in [1.807, 2.05) is 0 Å². The first-order valence-electron chi connectivity index (χ1n) is 5.32. The molecule has 1 atom stereocenters. The minimum absolute atomic E-state index is 0.112. The number of fused-ring (bicyclic) bond motifs is 1. The van der Waals surface area contributed by atoms with Gasteiger partial charge in [0, 0.05) is 12.1 Å². The standard InChI is InChI=1S/C12H11N5O/c1-4-6-10-9(3)15-17-8-13-14-12(17)16(7-5-2)11(10)18/h1-2,8,10H,6-7H2,3H3/t10-/m1/s1. The molecule has 1 amide bonds. The van der Waals surface area contributed by atoms with Gasteiger partial charge in [-0.1, -0.05) is 5.92 Å². The zero-order valence-electron chi connectivity index (χ0n) is 9.87. The lowest BCUT2D eigenvalue weighted by Gasteiger charge is -2.19. The van der Waals surface area contributed by atoms with Gasteiger partial charge in [0.25, 0.3) is 5.95 Å². The lowest BCUT2D eigenvalue weighted by atomic mass is 9.99. The fraction of sp³-hybridized carbons (Fsp3) is 0.333. The first-order chi connectivity index (χ1) is 8.69. The molecule has 0 radical (unpaired) electrons. The van der Waals surface area contributed by atoms with Gasteiger partial charge in [0.15, 0.2) is 0 Å². The van der Waals surface area contributed by atoms with E-state index in [4.69, 9.17) is 12.8 Å². The maximum atomic E-state index is 12.4. The van der Waals surface area contributed by atoms with Crippen molar-refractivity contribution in [1.82, 2.24) is 14.9 Å². The van der Waals surface area contributed by atoms with Gasteiger partial charge in [0.2, 0.25) is 5.91 Å². The van der Waals surface area contributed by atoms with E-state index in [1.54, 1.807) is 6.92 Å². The molecule has 1 aromatic rings. The average Bonchev–Trinajstić information content (AvgIpc) is 2.76. The van der Waals surface area contributed by atoms with Crippen molar-refractivity contribution in [3.63, 3.8) is 0 Å². The van der Waals surface area contributed by atoms with Crippen LogP contribution in [0.3, 0.4) is 0 Å². The van der Waals surface area contributed by atoms with Crippen LogP contribution in [0.25, 0.3) is 0 Å². The predicted octanol–water partition coefficient (Wildman–Crippen LogP) is 0.121. The first-order valence-corrected chi connectivity index (χ1v) is 5.32. The smallest absolute Gasteiger partial charge is 0.255 e. The van der Waals surface area contributed by atoms with E-state index in [-0.39, 0.29) is 18.9 Å². The molecule has 6 heteroatoms. The predicted molar refractivity (Wildman–Crippen MR) is 66.7 cm³/mol. The molecular formula is C12H11N5O. The number of carbonyl (C=O) groups is 1. The van der Waals surface area contributed by atoms with Crippen molar-refractivity contribution >= 4 is 17.6 Å². The van der Waals surface area contributed by atoms with Gasteiger partial charge >= 0.3 is 0 Å². The Balaban J connectivity index is 2.50. The lowest BCUT2D eigenvalue weighted by molar-refractivity contribution is -0.120. The zero-order chi connectivity index (χ0) is 13.1. The number of aromatic nitrogens is 3. The molecule has 90 valence electrons. The summed E-state index contributed by atoms with van der Waals surface area (Å²) in [6, 6.07) is 0. The van der Waals surface area contributed by atoms with Crippen molar-refractivity contribution in [2.75, 3.05) is 11.4 Å². The normalized spacial score (nSPS) is 18.4. The molecule has 2 heterocycles. The summed E-state index contributed by atoms with van der Waals surface area (Å²) in [6.45, 7) is 1.87. The van der Waals surface area contributed by atoms with Gasteiger partial charge in [-0.05, 0) is 6.92 Å². The summed E-state index contributed by atoms with van der Waals surface area (Å²) in [4.78, 5) is 13.7. The zero-order valence-corrected chi connectivity index (χ0v) is 9.87. The Morgan fingerprint density at radius 1 is 1.44 bits per heavy atom. The molecule has 0 saturated heterocycles. The SMILES string of the molecule is C#CC[C@H]1C(=O)N(CC#C)c2nncn2N=C1C. The number of rotatable bonds is 2. The molecule has 0 unspecified atom stereocenters. The number of terminal acetylenes is 2. The van der Waals surface area contributed by atoms with Gasteiger partial charge in [-0.2, -0.15) is 9.78 Å². The van der Waals surface area contributed by atoms with Gasteiger partial charge in [-0.25, -0.2) is 0 Å². The van der Waals surface area contributed by atoms with E-state index in [9.17, 15) is 4.79 Å². The highest BCUT2D eigenvalue weighted by Crippen LogP contribution is 2.20. The highest BCUT2D eigenvalue weighted by Gasteiger charge is 2.32. The van der Waals surface area contributed by atoms with Crippen LogP contribution >= 0.6 is 0 Å². The molecule has 18 heavy (non-hydrogen) atoms. The van der Waals surface area contributed by atoms with Crippen LogP contribution in [0, 0.1) is 30.6 Å². The van der Waals surface area contributed by atoms with Crippen LogP contribution in [-0.2, 0) is 4.79 Å². The summed E-state index contributed by atoms with van der Waals surface area (Å²) in [5.74, 6) is 4.56. The largest absolute Gasteiger partial charge is 0.274 e. The number of anilines is 1. The van der Waals surface area contributed by atoms with E-state index < -0.39 is 5.92 Å². The third-order valence-corrected chi connectivity index (χ3v) is 2.66. The summed E-state index contributed by atoms with van der Waals surface area (Å²) in [6.07, 6.45) is 12.3. The number of amides is 1. The van der Waals surface area contributed by atoms with Crippen molar-refractivity contribution in [3.05, 3.63) is 6.33 Å². The topological polar surface area (TPSA) is 63.4 Å². The summed E-state index contributed by atoms with van der Waals surface area (Å²) in [5.41, 5.74) is 0.624. The van der Waals surface area contributed by atoms with Crippen molar-refractivity contribution in [2.24, 2.45) is 11.0 Å². The lowest BCUT2D eigenvalue weighted by Crippen LogP contribution is -2.38. The summed E-state index contributed by atoms with van der Waals surface area (Å²) in [7, 11) is 0. The third kappa shape index (κ3) is 1.85. The second-order valence-electron chi connectivity index (χ2n) is 3.81. The van der Waals surface area contributed by atoms with Crippen LogP contribution in [0.15, 0.2) is 11.4 Å². The van der Waals surface area contributed by atoms with E-state index in [0.717, 1.165) is 0 Å². The molecule has 0 aromatic carbocycles. The van der Waals surface area contributed by atoms with Gasteiger partial charge in [0.1, 0.15) is 6.33 Å². The molecule has 1 aliphatic rings. The Hall–Kier alpha value is -2.60. The molecule has 1 aromatic heterocycles. The maximum absolute atomic E-state index is 12.4. The fourth-order valence-corrected chi connectivity index (χ4v) is 1.77. The highest BCUT2D eigenvalue weighted by atomic mass is 16.2. The van der Waals surface area contributed by atoms with Crippen LogP contribution in [-0.4, -0.2) is 33.0 Å². The summed E-state index contributed by atoms with van der Waals surface area (Å²) in [5, 5.41) is 11.8. The second-order valence-corrected chi connectivity index (χ2v) is 3.81. The monoisotopic (exact) mass is 241 g/mol. The minimum atomic E-state index is -0.468. The fourth-order valence-electron chi connectivity index (χ4n) is 1.77. The van der Waals surface area contributed by atoms with E-state index in [0.29, 0.717) is 11.7 Å². The summed E-state index contributed by atoms with van der Waals surface area (Å²) >= 11 is 0. The molecule has 0 saturated carbocycles. The summed E-state index contributed by atoms with van der Waals surface area (Å²) < 4.78 is 1.43. The van der Waals surface area contributed by atoms with Crippen molar-refractivity contribution < 1.29 is 4.79 Å². The Morgan fingerprint density at radius 2 is 2.22 bits per heavy atom. The van der Waals surface area contributed by atoms with E-state index in [1.165, 1.54) is 15.9 Å².